The molecule has 0 aliphatic carbocycles. The second kappa shape index (κ2) is 3.88. The molecule has 1 atom stereocenters. The second-order valence-electron chi connectivity index (χ2n) is 2.32. The Bertz CT molecular complexity index is 212. The van der Waals surface area contributed by atoms with Gasteiger partial charge in [-0.3, -0.25) is 4.79 Å². The number of hydrogen-bond acceptors (Lipinski definition) is 3. The van der Waals surface area contributed by atoms with Crippen molar-refractivity contribution in [3.63, 3.8) is 0 Å². The summed E-state index contributed by atoms with van der Waals surface area (Å²) in [6, 6.07) is 0.247. The molecule has 0 radical (unpaired) electrons. The molecular formula is C7H9NOS2. The highest BCUT2D eigenvalue weighted by atomic mass is 32.2. The predicted molar refractivity (Wildman–Crippen MR) is 51.8 cm³/mol. The Morgan fingerprint density at radius 2 is 2.64 bits per heavy atom. The highest BCUT2D eigenvalue weighted by molar-refractivity contribution is 8.23. The average Bonchev–Trinajstić information content (AvgIpc) is 2.31. The van der Waals surface area contributed by atoms with Crippen LogP contribution in [0.4, 0.5) is 0 Å². The Labute approximate surface area is 75.4 Å². The van der Waals surface area contributed by atoms with Crippen LogP contribution in [0.5, 0.6) is 0 Å². The summed E-state index contributed by atoms with van der Waals surface area (Å²) >= 11 is 6.52. The Morgan fingerprint density at radius 1 is 1.91 bits per heavy atom. The van der Waals surface area contributed by atoms with E-state index in [4.69, 9.17) is 12.2 Å². The normalized spacial score (nSPS) is 24.1. The van der Waals surface area contributed by atoms with Gasteiger partial charge in [-0.2, -0.15) is 0 Å². The quantitative estimate of drug-likeness (QED) is 0.518. The van der Waals surface area contributed by atoms with E-state index in [1.54, 1.807) is 17.8 Å². The van der Waals surface area contributed by atoms with Gasteiger partial charge in [-0.25, -0.2) is 0 Å². The first-order chi connectivity index (χ1) is 5.18. The van der Waals surface area contributed by atoms with Crippen LogP contribution in [-0.4, -0.2) is 21.9 Å². The second-order valence-corrected chi connectivity index (χ2v) is 4.02. The lowest BCUT2D eigenvalue weighted by Crippen LogP contribution is -2.23. The maximum absolute atomic E-state index is 10.5. The van der Waals surface area contributed by atoms with Crippen LogP contribution in [0.3, 0.4) is 0 Å². The molecule has 1 fully saturated rings. The van der Waals surface area contributed by atoms with Crippen LogP contribution in [-0.2, 0) is 4.79 Å². The van der Waals surface area contributed by atoms with Gasteiger partial charge in [0.15, 0.2) is 5.78 Å². The monoisotopic (exact) mass is 187 g/mol. The minimum Gasteiger partial charge on any atom is -0.364 e. The summed E-state index contributed by atoms with van der Waals surface area (Å²) in [6.45, 7) is 1.54. The largest absolute Gasteiger partial charge is 0.364 e. The molecule has 0 aromatic rings. The van der Waals surface area contributed by atoms with E-state index in [9.17, 15) is 4.79 Å². The molecule has 1 aliphatic rings. The third-order valence-electron chi connectivity index (χ3n) is 1.26. The first-order valence-corrected chi connectivity index (χ1v) is 4.70. The zero-order chi connectivity index (χ0) is 8.27. The van der Waals surface area contributed by atoms with Crippen LogP contribution in [0, 0.1) is 0 Å². The summed E-state index contributed by atoms with van der Waals surface area (Å²) < 4.78 is 0.822. The van der Waals surface area contributed by atoms with Gasteiger partial charge in [0, 0.05) is 5.75 Å². The number of carbonyl (C=O) groups excluding carboxylic acids is 1. The van der Waals surface area contributed by atoms with Crippen molar-refractivity contribution in [2.45, 2.75) is 13.0 Å². The molecule has 0 aromatic heterocycles. The van der Waals surface area contributed by atoms with Crippen molar-refractivity contribution in [3.05, 3.63) is 12.2 Å². The van der Waals surface area contributed by atoms with Gasteiger partial charge in [-0.05, 0) is 13.0 Å². The van der Waals surface area contributed by atoms with Gasteiger partial charge in [-0.1, -0.05) is 30.1 Å². The van der Waals surface area contributed by atoms with Gasteiger partial charge >= 0.3 is 0 Å². The summed E-state index contributed by atoms with van der Waals surface area (Å²) in [4.78, 5) is 10.5. The average molecular weight is 187 g/mol. The van der Waals surface area contributed by atoms with E-state index < -0.39 is 0 Å². The first kappa shape index (κ1) is 8.74. The van der Waals surface area contributed by atoms with E-state index in [1.807, 2.05) is 6.08 Å². The summed E-state index contributed by atoms with van der Waals surface area (Å²) in [5.74, 6) is 1.01. The lowest BCUT2D eigenvalue weighted by atomic mass is 10.3. The minimum atomic E-state index is 0.0784. The number of hydrogen-bond donors (Lipinski definition) is 1. The Hall–Kier alpha value is -0.350. The van der Waals surface area contributed by atoms with Crippen LogP contribution < -0.4 is 5.32 Å². The van der Waals surface area contributed by atoms with Crippen molar-refractivity contribution >= 4 is 34.1 Å². The number of thioether (sulfide) groups is 1. The molecule has 11 heavy (non-hydrogen) atoms. The lowest BCUT2D eigenvalue weighted by Gasteiger charge is -2.00. The van der Waals surface area contributed by atoms with E-state index in [1.165, 1.54) is 6.92 Å². The summed E-state index contributed by atoms with van der Waals surface area (Å²) in [5.41, 5.74) is 0. The SMILES string of the molecule is CC(=O)C=CC1CSC(=S)N1. The highest BCUT2D eigenvalue weighted by Crippen LogP contribution is 2.13. The van der Waals surface area contributed by atoms with E-state index >= 15 is 0 Å². The summed E-state index contributed by atoms with van der Waals surface area (Å²) in [6.07, 6.45) is 3.43. The Kier molecular flexibility index (Phi) is 3.08. The fourth-order valence-corrected chi connectivity index (χ4v) is 1.87. The highest BCUT2D eigenvalue weighted by Gasteiger charge is 2.15. The van der Waals surface area contributed by atoms with Gasteiger partial charge in [-0.15, -0.1) is 0 Å². The van der Waals surface area contributed by atoms with Crippen molar-refractivity contribution < 1.29 is 4.79 Å². The molecule has 0 amide bonds. The summed E-state index contributed by atoms with van der Waals surface area (Å²) in [7, 11) is 0. The van der Waals surface area contributed by atoms with Gasteiger partial charge in [0.25, 0.3) is 0 Å². The molecule has 4 heteroatoms. The number of rotatable bonds is 2. The van der Waals surface area contributed by atoms with E-state index in [0.717, 1.165) is 10.1 Å². The van der Waals surface area contributed by atoms with Crippen molar-refractivity contribution in [3.8, 4) is 0 Å². The smallest absolute Gasteiger partial charge is 0.152 e. The van der Waals surface area contributed by atoms with Crippen molar-refractivity contribution in [1.82, 2.24) is 5.32 Å². The van der Waals surface area contributed by atoms with Crippen LogP contribution in [0.25, 0.3) is 0 Å². The fourth-order valence-electron chi connectivity index (χ4n) is 0.756. The number of carbonyl (C=O) groups is 1. The molecule has 0 aromatic carbocycles. The molecule has 2 nitrogen and oxygen atoms in total. The first-order valence-electron chi connectivity index (χ1n) is 3.30. The molecular weight excluding hydrogens is 178 g/mol. The standard InChI is InChI=1S/C7H9NOS2/c1-5(9)2-3-6-4-11-7(10)8-6/h2-3,6H,4H2,1H3,(H,8,10). The van der Waals surface area contributed by atoms with Crippen LogP contribution in [0.2, 0.25) is 0 Å². The minimum absolute atomic E-state index is 0.0784. The van der Waals surface area contributed by atoms with Crippen LogP contribution >= 0.6 is 24.0 Å². The molecule has 0 spiro atoms. The summed E-state index contributed by atoms with van der Waals surface area (Å²) in [5, 5.41) is 3.06. The van der Waals surface area contributed by atoms with Crippen LogP contribution in [0.15, 0.2) is 12.2 Å². The predicted octanol–water partition coefficient (Wildman–Crippen LogP) is 1.12. The number of nitrogens with one attached hydrogen (secondary N) is 1. The number of allylic oxidation sites excluding steroid dienone is 1. The maximum atomic E-state index is 10.5. The molecule has 0 bridgehead atoms. The zero-order valence-electron chi connectivity index (χ0n) is 6.16. The molecule has 0 saturated carbocycles. The van der Waals surface area contributed by atoms with Crippen LogP contribution in [0.1, 0.15) is 6.92 Å². The molecule has 1 aliphatic heterocycles. The molecule has 1 rings (SSSR count). The maximum Gasteiger partial charge on any atom is 0.152 e. The van der Waals surface area contributed by atoms with Crippen molar-refractivity contribution in [2.75, 3.05) is 5.75 Å². The van der Waals surface area contributed by atoms with Gasteiger partial charge < -0.3 is 5.32 Å². The van der Waals surface area contributed by atoms with E-state index in [2.05, 4.69) is 5.32 Å². The zero-order valence-corrected chi connectivity index (χ0v) is 7.80. The van der Waals surface area contributed by atoms with Crippen molar-refractivity contribution in [2.24, 2.45) is 0 Å². The molecule has 1 heterocycles. The molecule has 1 N–H and O–H groups in total. The van der Waals surface area contributed by atoms with E-state index in [0.29, 0.717) is 0 Å². The molecule has 60 valence electrons. The third kappa shape index (κ3) is 3.03. The third-order valence-corrected chi connectivity index (χ3v) is 2.64. The lowest BCUT2D eigenvalue weighted by molar-refractivity contribution is -0.112. The molecule has 1 saturated heterocycles. The van der Waals surface area contributed by atoms with Gasteiger partial charge in [0.1, 0.15) is 4.32 Å². The number of ketones is 1. The Balaban J connectivity index is 2.39. The van der Waals surface area contributed by atoms with Gasteiger partial charge in [0.05, 0.1) is 6.04 Å². The topological polar surface area (TPSA) is 29.1 Å². The molecule has 1 unspecified atom stereocenters. The van der Waals surface area contributed by atoms with Gasteiger partial charge in [0.2, 0.25) is 0 Å². The number of thiocarbonyl (C=S) groups is 1. The van der Waals surface area contributed by atoms with Crippen molar-refractivity contribution in [1.29, 1.82) is 0 Å². The Morgan fingerprint density at radius 3 is 3.09 bits per heavy atom. The van der Waals surface area contributed by atoms with E-state index in [-0.39, 0.29) is 11.8 Å². The fraction of sp³-hybridized carbons (Fsp3) is 0.429.